The van der Waals surface area contributed by atoms with E-state index in [-0.39, 0.29) is 11.6 Å². The van der Waals surface area contributed by atoms with Crippen molar-refractivity contribution in [3.05, 3.63) is 10.5 Å². The summed E-state index contributed by atoms with van der Waals surface area (Å²) in [5.41, 5.74) is 2.07. The molecule has 0 amide bonds. The molecule has 0 aliphatic heterocycles. The minimum Gasteiger partial charge on any atom is -0.347 e. The lowest BCUT2D eigenvalue weighted by Gasteiger charge is -2.11. The smallest absolute Gasteiger partial charge is 0.343 e. The van der Waals surface area contributed by atoms with Crippen molar-refractivity contribution in [2.45, 2.75) is 10.3 Å². The lowest BCUT2D eigenvalue weighted by Crippen LogP contribution is -2.18. The molecule has 19 heavy (non-hydrogen) atoms. The number of nitrogens with one attached hydrogen (secondary N) is 2. The highest BCUT2D eigenvalue weighted by molar-refractivity contribution is 7.99. The highest BCUT2D eigenvalue weighted by atomic mass is 32.2. The number of aromatic nitrogens is 6. The molecule has 0 fully saturated rings. The SMILES string of the molecule is CN(C)c1nc(NN)nc(Sc2n[nH]c(=O)n2C)n1. The molecule has 102 valence electrons. The summed E-state index contributed by atoms with van der Waals surface area (Å²) in [6.45, 7) is 0. The number of hydrazine groups is 1. The van der Waals surface area contributed by atoms with E-state index in [1.54, 1.807) is 26.0 Å². The van der Waals surface area contributed by atoms with E-state index in [1.165, 1.54) is 4.57 Å². The van der Waals surface area contributed by atoms with E-state index in [0.29, 0.717) is 16.3 Å². The first-order valence-corrected chi connectivity index (χ1v) is 6.02. The first-order chi connectivity index (χ1) is 9.01. The summed E-state index contributed by atoms with van der Waals surface area (Å²) in [7, 11) is 5.20. The maximum atomic E-state index is 11.3. The van der Waals surface area contributed by atoms with Crippen LogP contribution >= 0.6 is 11.8 Å². The van der Waals surface area contributed by atoms with Crippen molar-refractivity contribution in [2.75, 3.05) is 24.4 Å². The molecule has 11 heteroatoms. The molecule has 0 bridgehead atoms. The molecule has 2 rings (SSSR count). The van der Waals surface area contributed by atoms with E-state index < -0.39 is 0 Å². The van der Waals surface area contributed by atoms with Gasteiger partial charge in [0, 0.05) is 21.1 Å². The minimum atomic E-state index is -0.304. The van der Waals surface area contributed by atoms with Gasteiger partial charge in [0.25, 0.3) is 0 Å². The van der Waals surface area contributed by atoms with Gasteiger partial charge in [-0.1, -0.05) is 0 Å². The lowest BCUT2D eigenvalue weighted by atomic mass is 10.8. The largest absolute Gasteiger partial charge is 0.347 e. The molecular formula is C8H13N9OS. The van der Waals surface area contributed by atoms with E-state index in [2.05, 4.69) is 30.6 Å². The van der Waals surface area contributed by atoms with Crippen molar-refractivity contribution >= 4 is 23.7 Å². The summed E-state index contributed by atoms with van der Waals surface area (Å²) in [5.74, 6) is 6.00. The van der Waals surface area contributed by atoms with Gasteiger partial charge in [-0.15, -0.1) is 5.10 Å². The van der Waals surface area contributed by atoms with E-state index >= 15 is 0 Å². The van der Waals surface area contributed by atoms with Crippen molar-refractivity contribution < 1.29 is 0 Å². The molecule has 0 aromatic carbocycles. The van der Waals surface area contributed by atoms with Crippen LogP contribution < -0.4 is 21.9 Å². The van der Waals surface area contributed by atoms with E-state index in [9.17, 15) is 4.79 Å². The second-order valence-electron chi connectivity index (χ2n) is 3.75. The Balaban J connectivity index is 2.36. The standard InChI is InChI=1S/C8H13N9OS/c1-16(2)5-10-4(13-9)11-6(12-5)19-8-15-14-7(18)17(8)3/h9H2,1-3H3,(H,14,18)(H,10,11,12,13). The van der Waals surface area contributed by atoms with Crippen LogP contribution in [0, 0.1) is 0 Å². The van der Waals surface area contributed by atoms with Crippen molar-refractivity contribution in [3.8, 4) is 0 Å². The molecule has 2 aromatic heterocycles. The van der Waals surface area contributed by atoms with Crippen LogP contribution in [0.2, 0.25) is 0 Å². The van der Waals surface area contributed by atoms with Gasteiger partial charge in [-0.05, 0) is 11.8 Å². The Bertz CT molecular complexity index is 633. The van der Waals surface area contributed by atoms with Gasteiger partial charge in [-0.2, -0.15) is 15.0 Å². The van der Waals surface area contributed by atoms with Gasteiger partial charge in [0.05, 0.1) is 0 Å². The number of nitrogens with zero attached hydrogens (tertiary/aromatic N) is 6. The summed E-state index contributed by atoms with van der Waals surface area (Å²) in [6, 6.07) is 0. The summed E-state index contributed by atoms with van der Waals surface area (Å²) >= 11 is 1.13. The van der Waals surface area contributed by atoms with Gasteiger partial charge in [0.2, 0.25) is 17.1 Å². The topological polar surface area (TPSA) is 131 Å². The molecule has 2 aromatic rings. The predicted molar refractivity (Wildman–Crippen MR) is 69.9 cm³/mol. The molecule has 4 N–H and O–H groups in total. The number of nitrogen functional groups attached to an aromatic ring is 1. The molecule has 0 aliphatic carbocycles. The average Bonchev–Trinajstić information content (AvgIpc) is 2.70. The first-order valence-electron chi connectivity index (χ1n) is 5.20. The number of H-pyrrole nitrogens is 1. The Hall–Kier alpha value is -2.14. The van der Waals surface area contributed by atoms with Crippen LogP contribution in [0.4, 0.5) is 11.9 Å². The predicted octanol–water partition coefficient (Wildman–Crippen LogP) is -1.20. The molecule has 10 nitrogen and oxygen atoms in total. The Morgan fingerprint density at radius 1 is 1.37 bits per heavy atom. The second kappa shape index (κ2) is 5.24. The molecule has 0 aliphatic rings. The van der Waals surface area contributed by atoms with Gasteiger partial charge in [-0.25, -0.2) is 15.7 Å². The van der Waals surface area contributed by atoms with Crippen molar-refractivity contribution in [3.63, 3.8) is 0 Å². The molecule has 0 saturated carbocycles. The Morgan fingerprint density at radius 3 is 2.63 bits per heavy atom. The average molecular weight is 283 g/mol. The second-order valence-corrected chi connectivity index (χ2v) is 4.69. The number of nitrogens with two attached hydrogens (primary N) is 1. The van der Waals surface area contributed by atoms with Crippen LogP contribution in [0.5, 0.6) is 0 Å². The number of hydrogen-bond acceptors (Lipinski definition) is 9. The van der Waals surface area contributed by atoms with Crippen molar-refractivity contribution in [1.82, 2.24) is 29.7 Å². The molecule has 0 saturated heterocycles. The first kappa shape index (κ1) is 13.3. The fourth-order valence-corrected chi connectivity index (χ4v) is 1.90. The zero-order valence-electron chi connectivity index (χ0n) is 10.6. The van der Waals surface area contributed by atoms with Crippen LogP contribution in [0.25, 0.3) is 0 Å². The van der Waals surface area contributed by atoms with Crippen molar-refractivity contribution in [1.29, 1.82) is 0 Å². The van der Waals surface area contributed by atoms with Crippen molar-refractivity contribution in [2.24, 2.45) is 12.9 Å². The number of anilines is 2. The highest BCUT2D eigenvalue weighted by Gasteiger charge is 2.12. The fraction of sp³-hybridized carbons (Fsp3) is 0.375. The van der Waals surface area contributed by atoms with Gasteiger partial charge in [-0.3, -0.25) is 9.99 Å². The van der Waals surface area contributed by atoms with Crippen LogP contribution in [-0.2, 0) is 7.05 Å². The minimum absolute atomic E-state index is 0.238. The van der Waals surface area contributed by atoms with Gasteiger partial charge in [0.15, 0.2) is 5.16 Å². The lowest BCUT2D eigenvalue weighted by molar-refractivity contribution is 0.760. The van der Waals surface area contributed by atoms with E-state index in [0.717, 1.165) is 11.8 Å². The highest BCUT2D eigenvalue weighted by Crippen LogP contribution is 2.22. The third-order valence-corrected chi connectivity index (χ3v) is 3.07. The molecule has 0 atom stereocenters. The zero-order chi connectivity index (χ0) is 14.0. The third kappa shape index (κ3) is 2.82. The summed E-state index contributed by atoms with van der Waals surface area (Å²) < 4.78 is 1.36. The molecule has 0 unspecified atom stereocenters. The Morgan fingerprint density at radius 2 is 2.11 bits per heavy atom. The van der Waals surface area contributed by atoms with Crippen LogP contribution in [-0.4, -0.2) is 43.8 Å². The van der Waals surface area contributed by atoms with E-state index in [4.69, 9.17) is 5.84 Å². The fourth-order valence-electron chi connectivity index (χ4n) is 1.16. The number of hydrogen-bond donors (Lipinski definition) is 3. The number of rotatable bonds is 4. The number of aromatic amines is 1. The van der Waals surface area contributed by atoms with E-state index in [1.807, 2.05) is 0 Å². The maximum Gasteiger partial charge on any atom is 0.343 e. The zero-order valence-corrected chi connectivity index (χ0v) is 11.4. The quantitative estimate of drug-likeness (QED) is 0.467. The summed E-state index contributed by atoms with van der Waals surface area (Å²) in [4.78, 5) is 25.4. The van der Waals surface area contributed by atoms with Crippen LogP contribution in [0.1, 0.15) is 0 Å². The maximum absolute atomic E-state index is 11.3. The van der Waals surface area contributed by atoms with Gasteiger partial charge in [0.1, 0.15) is 0 Å². The third-order valence-electron chi connectivity index (χ3n) is 2.15. The molecular weight excluding hydrogens is 270 g/mol. The van der Waals surface area contributed by atoms with Gasteiger partial charge < -0.3 is 4.90 Å². The summed E-state index contributed by atoms with van der Waals surface area (Å²) in [5, 5.41) is 7.03. The molecule has 0 spiro atoms. The Labute approximate surface area is 112 Å². The van der Waals surface area contributed by atoms with Crippen LogP contribution in [0.15, 0.2) is 15.1 Å². The monoisotopic (exact) mass is 283 g/mol. The van der Waals surface area contributed by atoms with Crippen LogP contribution in [0.3, 0.4) is 0 Å². The molecule has 2 heterocycles. The molecule has 0 radical (unpaired) electrons. The Kier molecular flexibility index (Phi) is 3.66. The van der Waals surface area contributed by atoms with Gasteiger partial charge >= 0.3 is 5.69 Å². The normalized spacial score (nSPS) is 10.5. The summed E-state index contributed by atoms with van der Waals surface area (Å²) in [6.07, 6.45) is 0.